The number of carbonyl (C=O) groups is 1. The third-order valence-corrected chi connectivity index (χ3v) is 7.16. The third kappa shape index (κ3) is 5.46. The molecule has 0 spiro atoms. The van der Waals surface area contributed by atoms with Crippen LogP contribution in [0.2, 0.25) is 0 Å². The van der Waals surface area contributed by atoms with E-state index in [0.717, 1.165) is 22.3 Å². The maximum absolute atomic E-state index is 13.4. The summed E-state index contributed by atoms with van der Waals surface area (Å²) < 4.78 is 14.6. The van der Waals surface area contributed by atoms with Gasteiger partial charge in [-0.1, -0.05) is 59.8 Å². The third-order valence-electron chi connectivity index (χ3n) is 5.31. The summed E-state index contributed by atoms with van der Waals surface area (Å²) in [7, 11) is 0. The van der Waals surface area contributed by atoms with Crippen LogP contribution in [0.3, 0.4) is 0 Å². The van der Waals surface area contributed by atoms with Crippen molar-refractivity contribution >= 4 is 39.2 Å². The molecule has 0 radical (unpaired) electrons. The molecule has 0 unspecified atom stereocenters. The van der Waals surface area contributed by atoms with Crippen molar-refractivity contribution in [1.82, 2.24) is 14.9 Å². The number of nitrogens with one attached hydrogen (secondary N) is 1. The second-order valence-electron chi connectivity index (χ2n) is 7.81. The predicted octanol–water partition coefficient (Wildman–Crippen LogP) is 5.21. The van der Waals surface area contributed by atoms with Crippen LogP contribution in [-0.4, -0.2) is 27.8 Å². The van der Waals surface area contributed by atoms with Crippen molar-refractivity contribution in [3.8, 4) is 11.1 Å². The zero-order chi connectivity index (χ0) is 24.1. The number of hydrogen-bond donors (Lipinski definition) is 1. The second-order valence-corrected chi connectivity index (χ2v) is 9.61. The zero-order valence-corrected chi connectivity index (χ0v) is 20.3. The molecule has 0 saturated heterocycles. The highest BCUT2D eigenvalue weighted by Gasteiger charge is 2.17. The molecule has 0 atom stereocenters. The Morgan fingerprint density at radius 2 is 1.94 bits per heavy atom. The maximum atomic E-state index is 13.4. The van der Waals surface area contributed by atoms with E-state index in [1.54, 1.807) is 22.8 Å². The lowest BCUT2D eigenvalue weighted by Gasteiger charge is -2.11. The van der Waals surface area contributed by atoms with Crippen LogP contribution in [0, 0.1) is 12.7 Å². The Kier molecular flexibility index (Phi) is 7.59. The first-order valence-electron chi connectivity index (χ1n) is 10.8. The molecule has 0 aliphatic carbocycles. The fourth-order valence-electron chi connectivity index (χ4n) is 3.53. The van der Waals surface area contributed by atoms with Crippen molar-refractivity contribution in [3.05, 3.63) is 93.9 Å². The van der Waals surface area contributed by atoms with Gasteiger partial charge in [0.25, 0.3) is 5.56 Å². The number of allylic oxidation sites excluding steroid dienone is 1. The summed E-state index contributed by atoms with van der Waals surface area (Å²) in [5.41, 5.74) is 3.80. The second kappa shape index (κ2) is 10.8. The summed E-state index contributed by atoms with van der Waals surface area (Å²) in [6, 6.07) is 14.3. The van der Waals surface area contributed by atoms with Gasteiger partial charge in [0.05, 0.1) is 11.1 Å². The summed E-state index contributed by atoms with van der Waals surface area (Å²) in [6.07, 6.45) is 2.26. The van der Waals surface area contributed by atoms with Crippen LogP contribution in [0.1, 0.15) is 11.1 Å². The molecule has 1 amide bonds. The number of amides is 1. The van der Waals surface area contributed by atoms with Gasteiger partial charge in [-0.05, 0) is 36.6 Å². The Morgan fingerprint density at radius 1 is 1.21 bits per heavy atom. The van der Waals surface area contributed by atoms with Crippen LogP contribution in [0.4, 0.5) is 4.39 Å². The molecule has 0 fully saturated rings. The Labute approximate surface area is 205 Å². The summed E-state index contributed by atoms with van der Waals surface area (Å²) in [5.74, 6) is -0.302. The Balaban J connectivity index is 1.49. The van der Waals surface area contributed by atoms with Gasteiger partial charge in [-0.3, -0.25) is 14.2 Å². The Bertz CT molecular complexity index is 1380. The van der Waals surface area contributed by atoms with Crippen molar-refractivity contribution in [3.63, 3.8) is 0 Å². The van der Waals surface area contributed by atoms with Gasteiger partial charge in [0, 0.05) is 24.0 Å². The summed E-state index contributed by atoms with van der Waals surface area (Å²) in [6.45, 7) is 6.54. The van der Waals surface area contributed by atoms with E-state index in [1.165, 1.54) is 35.2 Å². The van der Waals surface area contributed by atoms with E-state index in [0.29, 0.717) is 34.9 Å². The first-order valence-corrected chi connectivity index (χ1v) is 12.7. The topological polar surface area (TPSA) is 64.0 Å². The van der Waals surface area contributed by atoms with Crippen molar-refractivity contribution in [2.24, 2.45) is 0 Å². The average molecular weight is 494 g/mol. The zero-order valence-electron chi connectivity index (χ0n) is 18.7. The van der Waals surface area contributed by atoms with Crippen molar-refractivity contribution in [2.75, 3.05) is 12.3 Å². The van der Waals surface area contributed by atoms with E-state index < -0.39 is 0 Å². The minimum absolute atomic E-state index is 0.134. The molecule has 4 rings (SSSR count). The molecule has 2 heterocycles. The number of halogens is 1. The molecule has 34 heavy (non-hydrogen) atoms. The van der Waals surface area contributed by atoms with E-state index in [-0.39, 0.29) is 23.0 Å². The molecular weight excluding hydrogens is 469 g/mol. The minimum Gasteiger partial charge on any atom is -0.355 e. The molecule has 2 aromatic heterocycles. The van der Waals surface area contributed by atoms with Crippen LogP contribution < -0.4 is 10.9 Å². The fraction of sp³-hybridized carbons (Fsp3) is 0.192. The van der Waals surface area contributed by atoms with Gasteiger partial charge in [0.15, 0.2) is 5.16 Å². The molecule has 1 N–H and O–H groups in total. The van der Waals surface area contributed by atoms with E-state index in [4.69, 9.17) is 4.98 Å². The van der Waals surface area contributed by atoms with E-state index >= 15 is 0 Å². The minimum atomic E-state index is -0.282. The number of hydrogen-bond acceptors (Lipinski definition) is 5. The number of benzene rings is 2. The van der Waals surface area contributed by atoms with Crippen LogP contribution >= 0.6 is 23.1 Å². The highest BCUT2D eigenvalue weighted by molar-refractivity contribution is 7.99. The number of thiophene rings is 1. The highest BCUT2D eigenvalue weighted by atomic mass is 32.2. The SMILES string of the molecule is C=CCn1c(SCC(=O)NCCc2ccc(F)cc2)nc2scc(-c3ccc(C)cc3)c2c1=O. The number of nitrogens with zero attached hydrogens (tertiary/aromatic N) is 2. The molecule has 0 aliphatic rings. The first kappa shape index (κ1) is 23.9. The van der Waals surface area contributed by atoms with Crippen LogP contribution in [0.5, 0.6) is 0 Å². The van der Waals surface area contributed by atoms with Gasteiger partial charge >= 0.3 is 0 Å². The number of fused-ring (bicyclic) bond motifs is 1. The van der Waals surface area contributed by atoms with E-state index in [2.05, 4.69) is 11.9 Å². The van der Waals surface area contributed by atoms with E-state index in [1.807, 2.05) is 36.6 Å². The molecular formula is C26H24FN3O2S2. The van der Waals surface area contributed by atoms with Crippen LogP contribution in [0.15, 0.2) is 76.5 Å². The monoisotopic (exact) mass is 493 g/mol. The Morgan fingerprint density at radius 3 is 2.65 bits per heavy atom. The highest BCUT2D eigenvalue weighted by Crippen LogP contribution is 2.32. The first-order chi connectivity index (χ1) is 16.5. The van der Waals surface area contributed by atoms with E-state index in [9.17, 15) is 14.0 Å². The number of aryl methyl sites for hydroxylation is 1. The quantitative estimate of drug-likeness (QED) is 0.198. The van der Waals surface area contributed by atoms with Crippen molar-refractivity contribution in [2.45, 2.75) is 25.0 Å². The smallest absolute Gasteiger partial charge is 0.263 e. The van der Waals surface area contributed by atoms with Crippen LogP contribution in [0.25, 0.3) is 21.3 Å². The summed E-state index contributed by atoms with van der Waals surface area (Å²) in [5, 5.41) is 5.90. The molecule has 8 heteroatoms. The molecule has 5 nitrogen and oxygen atoms in total. The van der Waals surface area contributed by atoms with Gasteiger partial charge < -0.3 is 5.32 Å². The lowest BCUT2D eigenvalue weighted by Crippen LogP contribution is -2.28. The maximum Gasteiger partial charge on any atom is 0.263 e. The molecule has 0 saturated carbocycles. The van der Waals surface area contributed by atoms with Gasteiger partial charge in [-0.2, -0.15) is 0 Å². The molecule has 2 aromatic carbocycles. The lowest BCUT2D eigenvalue weighted by atomic mass is 10.1. The normalized spacial score (nSPS) is 11.0. The van der Waals surface area contributed by atoms with Crippen molar-refractivity contribution in [1.29, 1.82) is 0 Å². The van der Waals surface area contributed by atoms with Gasteiger partial charge in [0.2, 0.25) is 5.91 Å². The molecule has 0 aliphatic heterocycles. The standard InChI is InChI=1S/C26H24FN3O2S2/c1-3-14-30-25(32)23-21(19-8-4-17(2)5-9-19)15-33-24(23)29-26(30)34-16-22(31)28-13-12-18-6-10-20(27)11-7-18/h3-11,15H,1,12-14,16H2,2H3,(H,28,31). The summed E-state index contributed by atoms with van der Waals surface area (Å²) in [4.78, 5) is 31.1. The molecule has 174 valence electrons. The fourth-order valence-corrected chi connectivity index (χ4v) is 5.36. The van der Waals surface area contributed by atoms with Crippen LogP contribution in [-0.2, 0) is 17.8 Å². The predicted molar refractivity (Wildman–Crippen MR) is 138 cm³/mol. The Hall–Kier alpha value is -3.23. The largest absolute Gasteiger partial charge is 0.355 e. The van der Waals surface area contributed by atoms with Gasteiger partial charge in [0.1, 0.15) is 10.6 Å². The van der Waals surface area contributed by atoms with Gasteiger partial charge in [-0.25, -0.2) is 9.37 Å². The lowest BCUT2D eigenvalue weighted by molar-refractivity contribution is -0.118. The number of aromatic nitrogens is 2. The molecule has 0 bridgehead atoms. The summed E-state index contributed by atoms with van der Waals surface area (Å²) >= 11 is 2.65. The molecule has 4 aromatic rings. The number of thioether (sulfide) groups is 1. The number of carbonyl (C=O) groups excluding carboxylic acids is 1. The van der Waals surface area contributed by atoms with Crippen molar-refractivity contribution < 1.29 is 9.18 Å². The van der Waals surface area contributed by atoms with Gasteiger partial charge in [-0.15, -0.1) is 17.9 Å². The average Bonchev–Trinajstić information content (AvgIpc) is 3.26. The number of rotatable bonds is 9.